The Bertz CT molecular complexity index is 491. The number of alkyl halides is 3. The Morgan fingerprint density at radius 2 is 2.05 bits per heavy atom. The van der Waals surface area contributed by atoms with E-state index in [1.807, 2.05) is 0 Å². The van der Waals surface area contributed by atoms with E-state index >= 15 is 0 Å². The molecule has 0 unspecified atom stereocenters. The highest BCUT2D eigenvalue weighted by Gasteiger charge is 2.36. The summed E-state index contributed by atoms with van der Waals surface area (Å²) in [5.74, 6) is -0.742. The van der Waals surface area contributed by atoms with Crippen LogP contribution >= 0.6 is 0 Å². The van der Waals surface area contributed by atoms with Crippen molar-refractivity contribution in [3.05, 3.63) is 35.4 Å². The van der Waals surface area contributed by atoms with E-state index in [9.17, 15) is 18.0 Å². The Hall–Kier alpha value is -1.60. The van der Waals surface area contributed by atoms with Gasteiger partial charge in [-0.1, -0.05) is 12.1 Å². The van der Waals surface area contributed by atoms with Gasteiger partial charge in [-0.3, -0.25) is 4.79 Å². The van der Waals surface area contributed by atoms with Gasteiger partial charge in [-0.2, -0.15) is 13.2 Å². The van der Waals surface area contributed by atoms with Crippen LogP contribution in [-0.4, -0.2) is 38.3 Å². The Balaban J connectivity index is 2.18. The van der Waals surface area contributed by atoms with E-state index < -0.39 is 17.6 Å². The first-order chi connectivity index (χ1) is 9.43. The van der Waals surface area contributed by atoms with Gasteiger partial charge in [0, 0.05) is 20.2 Å². The number of halogens is 3. The molecule has 1 saturated heterocycles. The summed E-state index contributed by atoms with van der Waals surface area (Å²) >= 11 is 0. The lowest BCUT2D eigenvalue weighted by Crippen LogP contribution is -2.44. The van der Waals surface area contributed by atoms with Crippen LogP contribution in [0.4, 0.5) is 13.2 Å². The first-order valence-electron chi connectivity index (χ1n) is 6.14. The number of benzene rings is 1. The molecular formula is C13H15F3N2O2. The number of carbonyl (C=O) groups excluding carboxylic acids is 1. The third-order valence-electron chi connectivity index (χ3n) is 3.25. The molecule has 7 heteroatoms. The zero-order valence-electron chi connectivity index (χ0n) is 10.8. The van der Waals surface area contributed by atoms with Gasteiger partial charge < -0.3 is 15.4 Å². The average molecular weight is 288 g/mol. The Morgan fingerprint density at radius 1 is 1.35 bits per heavy atom. The van der Waals surface area contributed by atoms with E-state index in [2.05, 4.69) is 10.6 Å². The third-order valence-corrected chi connectivity index (χ3v) is 3.25. The molecule has 110 valence electrons. The molecule has 1 aliphatic rings. The van der Waals surface area contributed by atoms with Crippen LogP contribution in [0.15, 0.2) is 24.3 Å². The molecule has 2 rings (SSSR count). The maximum Gasteiger partial charge on any atom is 0.417 e. The second-order valence-electron chi connectivity index (χ2n) is 4.56. The minimum Gasteiger partial charge on any atom is -0.378 e. The molecule has 1 amide bonds. The zero-order valence-corrected chi connectivity index (χ0v) is 10.8. The highest BCUT2D eigenvalue weighted by Crippen LogP contribution is 2.31. The fourth-order valence-corrected chi connectivity index (χ4v) is 2.22. The van der Waals surface area contributed by atoms with Crippen LogP contribution in [0, 0.1) is 0 Å². The number of nitrogens with one attached hydrogen (secondary N) is 2. The van der Waals surface area contributed by atoms with E-state index in [0.29, 0.717) is 13.1 Å². The largest absolute Gasteiger partial charge is 0.417 e. The lowest BCUT2D eigenvalue weighted by atomic mass is 10.1. The molecule has 0 spiro atoms. The van der Waals surface area contributed by atoms with Crippen LogP contribution in [0.25, 0.3) is 0 Å². The van der Waals surface area contributed by atoms with Gasteiger partial charge in [0.1, 0.15) is 0 Å². The number of hydrogen-bond acceptors (Lipinski definition) is 3. The van der Waals surface area contributed by atoms with E-state index in [0.717, 1.165) is 6.07 Å². The molecule has 2 atom stereocenters. The zero-order chi connectivity index (χ0) is 14.8. The Morgan fingerprint density at radius 3 is 2.70 bits per heavy atom. The van der Waals surface area contributed by atoms with E-state index in [-0.39, 0.29) is 17.7 Å². The Labute approximate surface area is 114 Å². The number of methoxy groups -OCH3 is 1. The van der Waals surface area contributed by atoms with Crippen molar-refractivity contribution >= 4 is 5.91 Å². The molecule has 4 nitrogen and oxygen atoms in total. The second-order valence-corrected chi connectivity index (χ2v) is 4.56. The van der Waals surface area contributed by atoms with E-state index in [1.165, 1.54) is 25.3 Å². The number of ether oxygens (including phenoxy) is 1. The van der Waals surface area contributed by atoms with Crippen LogP contribution in [0.1, 0.15) is 15.9 Å². The molecule has 0 aromatic heterocycles. The van der Waals surface area contributed by atoms with Crippen LogP contribution in [0.5, 0.6) is 0 Å². The van der Waals surface area contributed by atoms with Gasteiger partial charge in [0.2, 0.25) is 0 Å². The SMILES string of the molecule is CO[C@@H]1CNC[C@H]1NC(=O)c1ccccc1C(F)(F)F. The summed E-state index contributed by atoms with van der Waals surface area (Å²) in [6, 6.07) is 4.39. The summed E-state index contributed by atoms with van der Waals surface area (Å²) in [5, 5.41) is 5.60. The summed E-state index contributed by atoms with van der Waals surface area (Å²) < 4.78 is 43.7. The van der Waals surface area contributed by atoms with Crippen molar-refractivity contribution < 1.29 is 22.7 Å². The first kappa shape index (κ1) is 14.8. The van der Waals surface area contributed by atoms with Crippen LogP contribution in [-0.2, 0) is 10.9 Å². The van der Waals surface area contributed by atoms with Crippen LogP contribution < -0.4 is 10.6 Å². The molecule has 0 saturated carbocycles. The van der Waals surface area contributed by atoms with Gasteiger partial charge in [-0.15, -0.1) is 0 Å². The Kier molecular flexibility index (Phi) is 4.29. The average Bonchev–Trinajstić information content (AvgIpc) is 2.85. The predicted molar refractivity (Wildman–Crippen MR) is 66.4 cm³/mol. The van der Waals surface area contributed by atoms with Gasteiger partial charge in [0.15, 0.2) is 0 Å². The van der Waals surface area contributed by atoms with Gasteiger partial charge in [0.25, 0.3) is 5.91 Å². The molecule has 0 bridgehead atoms. The normalized spacial score (nSPS) is 22.8. The molecule has 1 aliphatic heterocycles. The number of hydrogen-bond donors (Lipinski definition) is 2. The second kappa shape index (κ2) is 5.80. The number of rotatable bonds is 3. The first-order valence-corrected chi connectivity index (χ1v) is 6.14. The molecular weight excluding hydrogens is 273 g/mol. The van der Waals surface area contributed by atoms with Gasteiger partial charge in [0.05, 0.1) is 23.3 Å². The minimum absolute atomic E-state index is 0.239. The van der Waals surface area contributed by atoms with Crippen molar-refractivity contribution in [2.75, 3.05) is 20.2 Å². The molecule has 1 fully saturated rings. The summed E-state index contributed by atoms with van der Waals surface area (Å²) in [4.78, 5) is 12.0. The van der Waals surface area contributed by atoms with Crippen LogP contribution in [0.3, 0.4) is 0 Å². The van der Waals surface area contributed by atoms with Crippen molar-refractivity contribution in [3.63, 3.8) is 0 Å². The fraction of sp³-hybridized carbons (Fsp3) is 0.462. The summed E-state index contributed by atoms with van der Waals surface area (Å²) in [7, 11) is 1.50. The number of carbonyl (C=O) groups is 1. The smallest absolute Gasteiger partial charge is 0.378 e. The molecule has 1 aromatic rings. The predicted octanol–water partition coefficient (Wildman–Crippen LogP) is 1.42. The fourth-order valence-electron chi connectivity index (χ4n) is 2.22. The summed E-state index contributed by atoms with van der Waals surface area (Å²) in [5.41, 5.74) is -1.31. The lowest BCUT2D eigenvalue weighted by molar-refractivity contribution is -0.137. The molecule has 0 radical (unpaired) electrons. The van der Waals surface area contributed by atoms with Gasteiger partial charge in [-0.25, -0.2) is 0 Å². The molecule has 2 N–H and O–H groups in total. The topological polar surface area (TPSA) is 50.4 Å². The maximum atomic E-state index is 12.8. The molecule has 20 heavy (non-hydrogen) atoms. The van der Waals surface area contributed by atoms with E-state index in [4.69, 9.17) is 4.74 Å². The van der Waals surface area contributed by atoms with Crippen molar-refractivity contribution in [1.29, 1.82) is 0 Å². The monoisotopic (exact) mass is 288 g/mol. The summed E-state index contributed by atoms with van der Waals surface area (Å²) in [6.45, 7) is 1.03. The molecule has 1 heterocycles. The van der Waals surface area contributed by atoms with E-state index in [1.54, 1.807) is 0 Å². The standard InChI is InChI=1S/C13H15F3N2O2/c1-20-11-7-17-6-10(11)18-12(19)8-4-2-3-5-9(8)13(14,15)16/h2-5,10-11,17H,6-7H2,1H3,(H,18,19)/t10-,11-/m1/s1. The molecule has 0 aliphatic carbocycles. The highest BCUT2D eigenvalue weighted by atomic mass is 19.4. The minimum atomic E-state index is -4.55. The van der Waals surface area contributed by atoms with Crippen molar-refractivity contribution in [3.8, 4) is 0 Å². The number of amides is 1. The lowest BCUT2D eigenvalue weighted by Gasteiger charge is -2.20. The van der Waals surface area contributed by atoms with Crippen LogP contribution in [0.2, 0.25) is 0 Å². The maximum absolute atomic E-state index is 12.8. The van der Waals surface area contributed by atoms with Gasteiger partial charge in [-0.05, 0) is 12.1 Å². The van der Waals surface area contributed by atoms with Crippen molar-refractivity contribution in [2.45, 2.75) is 18.3 Å². The summed E-state index contributed by atoms with van der Waals surface area (Å²) in [6.07, 6.45) is -4.79. The third kappa shape index (κ3) is 3.10. The van der Waals surface area contributed by atoms with Gasteiger partial charge >= 0.3 is 6.18 Å². The van der Waals surface area contributed by atoms with Crippen molar-refractivity contribution in [1.82, 2.24) is 10.6 Å². The quantitative estimate of drug-likeness (QED) is 0.884. The molecule has 1 aromatic carbocycles. The van der Waals surface area contributed by atoms with Crippen molar-refractivity contribution in [2.24, 2.45) is 0 Å². The highest BCUT2D eigenvalue weighted by molar-refractivity contribution is 5.96.